The van der Waals surface area contributed by atoms with Crippen molar-refractivity contribution in [3.8, 4) is 0 Å². The molecule has 0 radical (unpaired) electrons. The first-order chi connectivity index (χ1) is 7.70. The molecule has 2 N–H and O–H groups in total. The van der Waals surface area contributed by atoms with Crippen LogP contribution in [0, 0.1) is 5.92 Å². The Morgan fingerprint density at radius 1 is 1.35 bits per heavy atom. The molecule has 0 aromatic carbocycles. The molecule has 102 valence electrons. The second-order valence-electron chi connectivity index (χ2n) is 6.19. The SMILES string of the molecule is CC(C)CC(C)(O)CNC1COC(C)(C)OC1. The fourth-order valence-corrected chi connectivity index (χ4v) is 2.13. The van der Waals surface area contributed by atoms with Crippen molar-refractivity contribution in [1.29, 1.82) is 0 Å². The van der Waals surface area contributed by atoms with E-state index in [1.165, 1.54) is 0 Å². The van der Waals surface area contributed by atoms with Gasteiger partial charge in [-0.1, -0.05) is 13.8 Å². The molecule has 1 aliphatic rings. The number of hydrogen-bond donors (Lipinski definition) is 2. The predicted molar refractivity (Wildman–Crippen MR) is 67.9 cm³/mol. The van der Waals surface area contributed by atoms with Crippen LogP contribution in [-0.2, 0) is 9.47 Å². The molecule has 1 heterocycles. The zero-order valence-electron chi connectivity index (χ0n) is 11.7. The summed E-state index contributed by atoms with van der Waals surface area (Å²) in [6.45, 7) is 11.8. The van der Waals surface area contributed by atoms with Crippen LogP contribution in [0.2, 0.25) is 0 Å². The van der Waals surface area contributed by atoms with Gasteiger partial charge in [0, 0.05) is 6.54 Å². The summed E-state index contributed by atoms with van der Waals surface area (Å²) in [6, 6.07) is 0.168. The molecular weight excluding hydrogens is 218 g/mol. The Morgan fingerprint density at radius 2 is 1.88 bits per heavy atom. The van der Waals surface area contributed by atoms with Gasteiger partial charge < -0.3 is 19.9 Å². The summed E-state index contributed by atoms with van der Waals surface area (Å²) in [5, 5.41) is 13.5. The highest BCUT2D eigenvalue weighted by molar-refractivity contribution is 4.81. The predicted octanol–water partition coefficient (Wildman–Crippen LogP) is 1.52. The fraction of sp³-hybridized carbons (Fsp3) is 1.00. The number of nitrogens with one attached hydrogen (secondary N) is 1. The van der Waals surface area contributed by atoms with Crippen LogP contribution in [0.3, 0.4) is 0 Å². The summed E-state index contributed by atoms with van der Waals surface area (Å²) < 4.78 is 11.1. The highest BCUT2D eigenvalue weighted by Crippen LogP contribution is 2.18. The van der Waals surface area contributed by atoms with Gasteiger partial charge in [-0.05, 0) is 33.1 Å². The van der Waals surface area contributed by atoms with Crippen molar-refractivity contribution in [2.45, 2.75) is 58.5 Å². The Bertz CT molecular complexity index is 229. The molecule has 0 aromatic heterocycles. The standard InChI is InChI=1S/C13H27NO3/c1-10(2)6-13(5,15)9-14-11-7-16-12(3,4)17-8-11/h10-11,14-15H,6-9H2,1-5H3. The van der Waals surface area contributed by atoms with Gasteiger partial charge >= 0.3 is 0 Å². The summed E-state index contributed by atoms with van der Waals surface area (Å²) in [6.07, 6.45) is 0.792. The third-order valence-electron chi connectivity index (χ3n) is 2.88. The molecule has 0 aliphatic carbocycles. The maximum atomic E-state index is 10.2. The molecule has 1 saturated heterocycles. The van der Waals surface area contributed by atoms with Gasteiger partial charge in [-0.2, -0.15) is 0 Å². The van der Waals surface area contributed by atoms with Gasteiger partial charge in [0.25, 0.3) is 0 Å². The topological polar surface area (TPSA) is 50.7 Å². The molecule has 0 amide bonds. The van der Waals surface area contributed by atoms with Crippen molar-refractivity contribution >= 4 is 0 Å². The summed E-state index contributed by atoms with van der Waals surface area (Å²) >= 11 is 0. The Hall–Kier alpha value is -0.160. The van der Waals surface area contributed by atoms with E-state index in [4.69, 9.17) is 9.47 Å². The van der Waals surface area contributed by atoms with Gasteiger partial charge in [-0.25, -0.2) is 0 Å². The van der Waals surface area contributed by atoms with E-state index in [2.05, 4.69) is 19.2 Å². The molecule has 1 fully saturated rings. The minimum absolute atomic E-state index is 0.168. The molecule has 0 saturated carbocycles. The van der Waals surface area contributed by atoms with E-state index in [0.29, 0.717) is 25.7 Å². The molecule has 4 heteroatoms. The molecule has 0 aromatic rings. The smallest absolute Gasteiger partial charge is 0.162 e. The molecular formula is C13H27NO3. The van der Waals surface area contributed by atoms with Crippen molar-refractivity contribution in [1.82, 2.24) is 5.32 Å². The molecule has 1 atom stereocenters. The first-order valence-corrected chi connectivity index (χ1v) is 6.44. The van der Waals surface area contributed by atoms with Crippen LogP contribution >= 0.6 is 0 Å². The van der Waals surface area contributed by atoms with Crippen LogP contribution < -0.4 is 5.32 Å². The summed E-state index contributed by atoms with van der Waals surface area (Å²) in [4.78, 5) is 0. The van der Waals surface area contributed by atoms with E-state index in [0.717, 1.165) is 6.42 Å². The molecule has 0 spiro atoms. The zero-order chi connectivity index (χ0) is 13.1. The van der Waals surface area contributed by atoms with Crippen molar-refractivity contribution < 1.29 is 14.6 Å². The first-order valence-electron chi connectivity index (χ1n) is 6.44. The van der Waals surface area contributed by atoms with Crippen LogP contribution in [0.15, 0.2) is 0 Å². The number of rotatable bonds is 5. The lowest BCUT2D eigenvalue weighted by Gasteiger charge is -2.36. The van der Waals surface area contributed by atoms with Gasteiger partial charge in [0.2, 0.25) is 0 Å². The van der Waals surface area contributed by atoms with Crippen molar-refractivity contribution in [2.75, 3.05) is 19.8 Å². The third kappa shape index (κ3) is 5.82. The molecule has 17 heavy (non-hydrogen) atoms. The van der Waals surface area contributed by atoms with E-state index in [1.807, 2.05) is 20.8 Å². The Morgan fingerprint density at radius 3 is 2.35 bits per heavy atom. The number of ether oxygens (including phenoxy) is 2. The highest BCUT2D eigenvalue weighted by atomic mass is 16.7. The highest BCUT2D eigenvalue weighted by Gasteiger charge is 2.30. The fourth-order valence-electron chi connectivity index (χ4n) is 2.13. The van der Waals surface area contributed by atoms with Crippen molar-refractivity contribution in [3.63, 3.8) is 0 Å². The van der Waals surface area contributed by atoms with E-state index in [1.54, 1.807) is 0 Å². The average Bonchev–Trinajstić information content (AvgIpc) is 2.14. The van der Waals surface area contributed by atoms with Gasteiger partial charge in [0.1, 0.15) is 0 Å². The molecule has 0 bridgehead atoms. The summed E-state index contributed by atoms with van der Waals surface area (Å²) in [5.41, 5.74) is -0.666. The van der Waals surface area contributed by atoms with E-state index >= 15 is 0 Å². The van der Waals surface area contributed by atoms with Crippen molar-refractivity contribution in [3.05, 3.63) is 0 Å². The van der Waals surface area contributed by atoms with E-state index in [-0.39, 0.29) is 6.04 Å². The van der Waals surface area contributed by atoms with Crippen LogP contribution in [-0.4, -0.2) is 42.3 Å². The Labute approximate surface area is 105 Å². The van der Waals surface area contributed by atoms with Crippen LogP contribution in [0.4, 0.5) is 0 Å². The lowest BCUT2D eigenvalue weighted by molar-refractivity contribution is -0.253. The van der Waals surface area contributed by atoms with E-state index < -0.39 is 11.4 Å². The average molecular weight is 245 g/mol. The van der Waals surface area contributed by atoms with Gasteiger partial charge in [-0.15, -0.1) is 0 Å². The normalized spacial score (nSPS) is 24.9. The lowest BCUT2D eigenvalue weighted by atomic mass is 9.94. The third-order valence-corrected chi connectivity index (χ3v) is 2.88. The number of hydrogen-bond acceptors (Lipinski definition) is 4. The van der Waals surface area contributed by atoms with Crippen molar-refractivity contribution in [2.24, 2.45) is 5.92 Å². The lowest BCUT2D eigenvalue weighted by Crippen LogP contribution is -2.52. The second-order valence-corrected chi connectivity index (χ2v) is 6.19. The van der Waals surface area contributed by atoms with Gasteiger partial charge in [-0.3, -0.25) is 0 Å². The minimum Gasteiger partial charge on any atom is -0.389 e. The van der Waals surface area contributed by atoms with Gasteiger partial charge in [0.05, 0.1) is 24.9 Å². The second kappa shape index (κ2) is 5.65. The Balaban J connectivity index is 2.27. The van der Waals surface area contributed by atoms with E-state index in [9.17, 15) is 5.11 Å². The number of aliphatic hydroxyl groups is 1. The maximum Gasteiger partial charge on any atom is 0.162 e. The molecule has 1 aliphatic heterocycles. The monoisotopic (exact) mass is 245 g/mol. The van der Waals surface area contributed by atoms with Crippen LogP contribution in [0.25, 0.3) is 0 Å². The zero-order valence-corrected chi connectivity index (χ0v) is 11.7. The largest absolute Gasteiger partial charge is 0.389 e. The summed E-state index contributed by atoms with van der Waals surface area (Å²) in [7, 11) is 0. The first kappa shape index (κ1) is 14.9. The van der Waals surface area contributed by atoms with Crippen LogP contribution in [0.1, 0.15) is 41.0 Å². The summed E-state index contributed by atoms with van der Waals surface area (Å²) in [5.74, 6) is 0.0168. The van der Waals surface area contributed by atoms with Gasteiger partial charge in [0.15, 0.2) is 5.79 Å². The quantitative estimate of drug-likeness (QED) is 0.771. The minimum atomic E-state index is -0.666. The maximum absolute atomic E-state index is 10.2. The molecule has 1 rings (SSSR count). The van der Waals surface area contributed by atoms with Crippen LogP contribution in [0.5, 0.6) is 0 Å². The molecule has 4 nitrogen and oxygen atoms in total. The molecule has 1 unspecified atom stereocenters. The Kier molecular flexibility index (Phi) is 4.95.